The molecule has 0 saturated carbocycles. The maximum Gasteiger partial charge on any atom is 0.225 e. The summed E-state index contributed by atoms with van der Waals surface area (Å²) in [5.74, 6) is 0.238. The van der Waals surface area contributed by atoms with Crippen molar-refractivity contribution < 1.29 is 4.79 Å². The Balaban J connectivity index is 0.00000261. The summed E-state index contributed by atoms with van der Waals surface area (Å²) in [6.07, 6.45) is 4.80. The van der Waals surface area contributed by atoms with Gasteiger partial charge in [0.25, 0.3) is 0 Å². The second-order valence-corrected chi connectivity index (χ2v) is 8.56. The predicted molar refractivity (Wildman–Crippen MR) is 111 cm³/mol. The Morgan fingerprint density at radius 1 is 1.30 bits per heavy atom. The largest absolute Gasteiger partial charge is 0.349 e. The van der Waals surface area contributed by atoms with Crippen molar-refractivity contribution in [3.63, 3.8) is 0 Å². The van der Waals surface area contributed by atoms with Gasteiger partial charge in [0, 0.05) is 32.3 Å². The molecule has 0 spiro atoms. The van der Waals surface area contributed by atoms with Crippen LogP contribution >= 0.6 is 12.4 Å². The monoisotopic (exact) mass is 390 g/mol. The van der Waals surface area contributed by atoms with Crippen LogP contribution in [0.1, 0.15) is 50.3 Å². The number of nitrogens with one attached hydrogen (secondary N) is 2. The average Bonchev–Trinajstić information content (AvgIpc) is 3.22. The molecular formula is C21H31ClN4O. The number of rotatable bonds is 5. The van der Waals surface area contributed by atoms with Crippen molar-refractivity contribution in [1.82, 2.24) is 20.4 Å². The van der Waals surface area contributed by atoms with Crippen molar-refractivity contribution >= 4 is 18.3 Å². The highest BCUT2D eigenvalue weighted by atomic mass is 35.5. The number of amides is 1. The van der Waals surface area contributed by atoms with E-state index >= 15 is 0 Å². The number of halogens is 1. The molecule has 1 saturated heterocycles. The topological polar surface area (TPSA) is 59.0 Å². The quantitative estimate of drug-likeness (QED) is 0.822. The van der Waals surface area contributed by atoms with Crippen LogP contribution in [0, 0.1) is 11.3 Å². The molecule has 2 aromatic rings. The van der Waals surface area contributed by atoms with E-state index < -0.39 is 0 Å². The van der Waals surface area contributed by atoms with Gasteiger partial charge in [-0.15, -0.1) is 12.4 Å². The number of carbonyl (C=O) groups is 1. The number of aryl methyl sites for hydroxylation is 1. The molecule has 27 heavy (non-hydrogen) atoms. The van der Waals surface area contributed by atoms with Gasteiger partial charge < -0.3 is 10.6 Å². The van der Waals surface area contributed by atoms with Gasteiger partial charge in [0.05, 0.1) is 18.2 Å². The molecule has 1 aliphatic heterocycles. The highest BCUT2D eigenvalue weighted by Crippen LogP contribution is 2.32. The second kappa shape index (κ2) is 8.89. The van der Waals surface area contributed by atoms with Crippen LogP contribution in [0.25, 0.3) is 0 Å². The van der Waals surface area contributed by atoms with Gasteiger partial charge in [0.2, 0.25) is 5.91 Å². The van der Waals surface area contributed by atoms with Gasteiger partial charge in [-0.3, -0.25) is 9.48 Å². The maximum absolute atomic E-state index is 13.1. The van der Waals surface area contributed by atoms with E-state index in [0.29, 0.717) is 6.54 Å². The summed E-state index contributed by atoms with van der Waals surface area (Å²) in [6, 6.07) is 10.3. The fourth-order valence-corrected chi connectivity index (χ4v) is 3.76. The molecular weight excluding hydrogens is 360 g/mol. The molecule has 1 aromatic heterocycles. The minimum Gasteiger partial charge on any atom is -0.349 e. The van der Waals surface area contributed by atoms with Gasteiger partial charge in [0.15, 0.2) is 0 Å². The van der Waals surface area contributed by atoms with Crippen LogP contribution in [0.15, 0.2) is 42.7 Å². The van der Waals surface area contributed by atoms with E-state index in [-0.39, 0.29) is 41.6 Å². The van der Waals surface area contributed by atoms with Gasteiger partial charge in [-0.25, -0.2) is 0 Å². The van der Waals surface area contributed by atoms with Crippen LogP contribution in [0.4, 0.5) is 0 Å². The molecule has 0 bridgehead atoms. The molecule has 0 radical (unpaired) electrons. The Hall–Kier alpha value is -1.85. The summed E-state index contributed by atoms with van der Waals surface area (Å²) in [4.78, 5) is 13.1. The third-order valence-electron chi connectivity index (χ3n) is 5.04. The predicted octanol–water partition coefficient (Wildman–Crippen LogP) is 3.44. The number of aromatic nitrogens is 2. The van der Waals surface area contributed by atoms with Gasteiger partial charge in [-0.05, 0) is 23.0 Å². The molecule has 1 aliphatic rings. The lowest BCUT2D eigenvalue weighted by Gasteiger charge is -2.29. The first-order valence-corrected chi connectivity index (χ1v) is 9.38. The van der Waals surface area contributed by atoms with Gasteiger partial charge in [0.1, 0.15) is 0 Å². The smallest absolute Gasteiger partial charge is 0.225 e. The number of benzene rings is 1. The lowest BCUT2D eigenvalue weighted by Crippen LogP contribution is -2.38. The lowest BCUT2D eigenvalue weighted by atomic mass is 9.84. The van der Waals surface area contributed by atoms with Crippen molar-refractivity contribution in [3.05, 3.63) is 53.9 Å². The molecule has 1 aromatic carbocycles. The van der Waals surface area contributed by atoms with Gasteiger partial charge >= 0.3 is 0 Å². The van der Waals surface area contributed by atoms with E-state index in [1.807, 2.05) is 37.6 Å². The van der Waals surface area contributed by atoms with Crippen molar-refractivity contribution in [1.29, 1.82) is 0 Å². The highest BCUT2D eigenvalue weighted by molar-refractivity contribution is 5.85. The van der Waals surface area contributed by atoms with E-state index in [1.165, 1.54) is 5.56 Å². The SMILES string of the molecule is Cl.Cn1cc([C@H]2CNC[C@@H]2C(=O)NC(CC(C)(C)C)c2ccccc2)cn1. The summed E-state index contributed by atoms with van der Waals surface area (Å²) in [5.41, 5.74) is 2.43. The van der Waals surface area contributed by atoms with Crippen LogP contribution in [0.5, 0.6) is 0 Å². The molecule has 148 valence electrons. The van der Waals surface area contributed by atoms with Crippen LogP contribution in [0.2, 0.25) is 0 Å². The van der Waals surface area contributed by atoms with E-state index in [2.05, 4.69) is 48.6 Å². The summed E-state index contributed by atoms with van der Waals surface area (Å²) in [6.45, 7) is 8.17. The lowest BCUT2D eigenvalue weighted by molar-refractivity contribution is -0.125. The standard InChI is InChI=1S/C21H30N4O.ClH/c1-21(2,3)10-19(15-8-6-5-7-9-15)24-20(26)18-13-22-12-17(18)16-11-23-25(4)14-16;/h5-9,11,14,17-19,22H,10,12-13H2,1-4H3,(H,24,26);1H/t17-,18+,19?;/m1./s1. The maximum atomic E-state index is 13.1. The molecule has 5 nitrogen and oxygen atoms in total. The van der Waals surface area contributed by atoms with Crippen LogP contribution in [0.3, 0.4) is 0 Å². The molecule has 0 aliphatic carbocycles. The summed E-state index contributed by atoms with van der Waals surface area (Å²) >= 11 is 0. The number of hydrogen-bond acceptors (Lipinski definition) is 3. The van der Waals surface area contributed by atoms with E-state index in [0.717, 1.165) is 18.5 Å². The minimum absolute atomic E-state index is 0. The van der Waals surface area contributed by atoms with E-state index in [1.54, 1.807) is 4.68 Å². The van der Waals surface area contributed by atoms with Crippen LogP contribution in [-0.2, 0) is 11.8 Å². The Bertz CT molecular complexity index is 738. The first-order valence-electron chi connectivity index (χ1n) is 9.38. The zero-order chi connectivity index (χ0) is 18.7. The van der Waals surface area contributed by atoms with Gasteiger partial charge in [-0.2, -0.15) is 5.10 Å². The molecule has 1 amide bonds. The van der Waals surface area contributed by atoms with Gasteiger partial charge in [-0.1, -0.05) is 51.1 Å². The Kier molecular flexibility index (Phi) is 7.06. The van der Waals surface area contributed by atoms with Crippen LogP contribution < -0.4 is 10.6 Å². The Labute approximate surface area is 168 Å². The molecule has 6 heteroatoms. The van der Waals surface area contributed by atoms with Crippen LogP contribution in [-0.4, -0.2) is 28.8 Å². The number of carbonyl (C=O) groups excluding carboxylic acids is 1. The Morgan fingerprint density at radius 3 is 2.59 bits per heavy atom. The molecule has 2 heterocycles. The molecule has 2 N–H and O–H groups in total. The zero-order valence-electron chi connectivity index (χ0n) is 16.6. The third kappa shape index (κ3) is 5.56. The van der Waals surface area contributed by atoms with E-state index in [4.69, 9.17) is 0 Å². The number of nitrogens with zero attached hydrogens (tertiary/aromatic N) is 2. The summed E-state index contributed by atoms with van der Waals surface area (Å²) in [7, 11) is 1.91. The van der Waals surface area contributed by atoms with Crippen molar-refractivity contribution in [3.8, 4) is 0 Å². The fraction of sp³-hybridized carbons (Fsp3) is 0.524. The molecule has 3 rings (SSSR count). The summed E-state index contributed by atoms with van der Waals surface area (Å²) in [5, 5.41) is 11.0. The van der Waals surface area contributed by atoms with E-state index in [9.17, 15) is 4.79 Å². The van der Waals surface area contributed by atoms with Crippen molar-refractivity contribution in [2.45, 2.75) is 39.2 Å². The minimum atomic E-state index is -0.0645. The molecule has 3 atom stereocenters. The molecule has 1 unspecified atom stereocenters. The first kappa shape index (κ1) is 21.5. The highest BCUT2D eigenvalue weighted by Gasteiger charge is 2.36. The zero-order valence-corrected chi connectivity index (χ0v) is 17.4. The fourth-order valence-electron chi connectivity index (χ4n) is 3.76. The Morgan fingerprint density at radius 2 is 2.00 bits per heavy atom. The normalized spacial score (nSPS) is 20.7. The van der Waals surface area contributed by atoms with Crippen molar-refractivity contribution in [2.75, 3.05) is 13.1 Å². The average molecular weight is 391 g/mol. The number of hydrogen-bond donors (Lipinski definition) is 2. The summed E-state index contributed by atoms with van der Waals surface area (Å²) < 4.78 is 1.80. The third-order valence-corrected chi connectivity index (χ3v) is 5.04. The second-order valence-electron chi connectivity index (χ2n) is 8.56. The van der Waals surface area contributed by atoms with Crippen molar-refractivity contribution in [2.24, 2.45) is 18.4 Å². The first-order chi connectivity index (χ1) is 12.3. The molecule has 1 fully saturated rings.